The fraction of sp³-hybridized carbons (Fsp3) is 0.318. The molecule has 2 rings (SSSR count). The molecule has 5 heteroatoms. The molecule has 0 heterocycles. The summed E-state index contributed by atoms with van der Waals surface area (Å²) in [6, 6.07) is 14.3. The van der Waals surface area contributed by atoms with Crippen LogP contribution in [0.25, 0.3) is 5.57 Å². The van der Waals surface area contributed by atoms with Gasteiger partial charge in [0.2, 0.25) is 0 Å². The van der Waals surface area contributed by atoms with Gasteiger partial charge in [0.05, 0.1) is 26.7 Å². The molecule has 0 aromatic heterocycles. The molecule has 2 aromatic rings. The Kier molecular flexibility index (Phi) is 7.41. The minimum absolute atomic E-state index is 0.0355. The van der Waals surface area contributed by atoms with Crippen molar-refractivity contribution in [3.8, 4) is 11.5 Å². The number of benzene rings is 2. The van der Waals surface area contributed by atoms with E-state index in [2.05, 4.69) is 0 Å². The van der Waals surface area contributed by atoms with Crippen molar-refractivity contribution in [2.75, 3.05) is 20.8 Å². The summed E-state index contributed by atoms with van der Waals surface area (Å²) in [4.78, 5) is 11.9. The second-order valence-corrected chi connectivity index (χ2v) is 6.09. The van der Waals surface area contributed by atoms with E-state index in [0.29, 0.717) is 28.2 Å². The molecule has 1 atom stereocenters. The van der Waals surface area contributed by atoms with Crippen molar-refractivity contribution in [1.29, 1.82) is 0 Å². The van der Waals surface area contributed by atoms with Crippen LogP contribution < -0.4 is 9.47 Å². The first-order valence-electron chi connectivity index (χ1n) is 8.84. The van der Waals surface area contributed by atoms with E-state index < -0.39 is 11.9 Å². The molecule has 0 N–H and O–H groups in total. The standard InChI is InChI=1S/C22H25FO4/c1-5-27-22(24)15(2)14-20(23)21(16-6-10-18(25-3)11-7-16)17-8-12-19(26-4)13-9-17/h6-13,15H,5,14H2,1-4H3. The number of carbonyl (C=O) groups is 1. The lowest BCUT2D eigenvalue weighted by Crippen LogP contribution is -2.15. The van der Waals surface area contributed by atoms with Crippen LogP contribution in [0.4, 0.5) is 4.39 Å². The Morgan fingerprint density at radius 1 is 0.926 bits per heavy atom. The van der Waals surface area contributed by atoms with E-state index in [1.165, 1.54) is 0 Å². The predicted octanol–water partition coefficient (Wildman–Crippen LogP) is 5.02. The maximum atomic E-state index is 15.3. The topological polar surface area (TPSA) is 44.8 Å². The number of esters is 1. The van der Waals surface area contributed by atoms with Gasteiger partial charge in [0.25, 0.3) is 0 Å². The van der Waals surface area contributed by atoms with Gasteiger partial charge in [-0.3, -0.25) is 4.79 Å². The Hall–Kier alpha value is -2.82. The molecule has 0 fully saturated rings. The molecule has 27 heavy (non-hydrogen) atoms. The van der Waals surface area contributed by atoms with Crippen molar-refractivity contribution in [1.82, 2.24) is 0 Å². The van der Waals surface area contributed by atoms with Crippen molar-refractivity contribution in [2.45, 2.75) is 20.3 Å². The van der Waals surface area contributed by atoms with Crippen molar-refractivity contribution >= 4 is 11.5 Å². The average molecular weight is 372 g/mol. The molecule has 0 aliphatic heterocycles. The minimum Gasteiger partial charge on any atom is -0.497 e. The van der Waals surface area contributed by atoms with E-state index in [1.807, 2.05) is 0 Å². The van der Waals surface area contributed by atoms with Crippen molar-refractivity contribution < 1.29 is 23.4 Å². The normalized spacial score (nSPS) is 11.4. The molecular weight excluding hydrogens is 347 g/mol. The Balaban J connectivity index is 2.44. The number of methoxy groups -OCH3 is 2. The molecule has 2 aromatic carbocycles. The van der Waals surface area contributed by atoms with Crippen LogP contribution in [0.1, 0.15) is 31.4 Å². The number of rotatable bonds is 8. The van der Waals surface area contributed by atoms with E-state index >= 15 is 4.39 Å². The lowest BCUT2D eigenvalue weighted by Gasteiger charge is -2.15. The van der Waals surface area contributed by atoms with E-state index in [0.717, 1.165) is 0 Å². The molecule has 0 radical (unpaired) electrons. The van der Waals surface area contributed by atoms with Crippen molar-refractivity contribution in [3.63, 3.8) is 0 Å². The van der Waals surface area contributed by atoms with Gasteiger partial charge in [0.15, 0.2) is 0 Å². The summed E-state index contributed by atoms with van der Waals surface area (Å²) in [5.41, 5.74) is 1.85. The van der Waals surface area contributed by atoms with Crippen LogP contribution >= 0.6 is 0 Å². The van der Waals surface area contributed by atoms with E-state index in [-0.39, 0.29) is 18.9 Å². The lowest BCUT2D eigenvalue weighted by atomic mass is 9.93. The van der Waals surface area contributed by atoms with Gasteiger partial charge in [-0.25, -0.2) is 4.39 Å². The monoisotopic (exact) mass is 372 g/mol. The predicted molar refractivity (Wildman–Crippen MR) is 104 cm³/mol. The number of allylic oxidation sites excluding steroid dienone is 1. The van der Waals surface area contributed by atoms with Crippen molar-refractivity contribution in [2.24, 2.45) is 5.92 Å². The van der Waals surface area contributed by atoms with Crippen LogP contribution in [-0.4, -0.2) is 26.8 Å². The van der Waals surface area contributed by atoms with Crippen LogP contribution in [0, 0.1) is 5.92 Å². The van der Waals surface area contributed by atoms with Gasteiger partial charge >= 0.3 is 5.97 Å². The maximum absolute atomic E-state index is 15.3. The molecule has 0 aliphatic rings. The summed E-state index contributed by atoms with van der Waals surface area (Å²) < 4.78 is 30.6. The van der Waals surface area contributed by atoms with Gasteiger partial charge in [-0.1, -0.05) is 31.2 Å². The second-order valence-electron chi connectivity index (χ2n) is 6.09. The molecule has 0 bridgehead atoms. The molecule has 1 unspecified atom stereocenters. The third-order valence-corrected chi connectivity index (χ3v) is 4.20. The molecule has 4 nitrogen and oxygen atoms in total. The number of hydrogen-bond acceptors (Lipinski definition) is 4. The Labute approximate surface area is 159 Å². The molecule has 0 amide bonds. The highest BCUT2D eigenvalue weighted by Crippen LogP contribution is 2.33. The van der Waals surface area contributed by atoms with Crippen LogP contribution in [0.5, 0.6) is 11.5 Å². The summed E-state index contributed by atoms with van der Waals surface area (Å²) >= 11 is 0. The zero-order valence-electron chi connectivity index (χ0n) is 16.1. The van der Waals surface area contributed by atoms with Crippen LogP contribution in [0.15, 0.2) is 54.4 Å². The molecule has 144 valence electrons. The molecule has 0 saturated heterocycles. The zero-order valence-corrected chi connectivity index (χ0v) is 16.1. The van der Waals surface area contributed by atoms with Crippen LogP contribution in [-0.2, 0) is 9.53 Å². The largest absolute Gasteiger partial charge is 0.497 e. The van der Waals surface area contributed by atoms with E-state index in [9.17, 15) is 4.79 Å². The van der Waals surface area contributed by atoms with Gasteiger partial charge < -0.3 is 14.2 Å². The SMILES string of the molecule is CCOC(=O)C(C)CC(F)=C(c1ccc(OC)cc1)c1ccc(OC)cc1. The van der Waals surface area contributed by atoms with E-state index in [4.69, 9.17) is 14.2 Å². The third kappa shape index (κ3) is 5.33. The summed E-state index contributed by atoms with van der Waals surface area (Å²) in [6.07, 6.45) is -0.0355. The quantitative estimate of drug-likeness (QED) is 0.610. The summed E-state index contributed by atoms with van der Waals surface area (Å²) in [7, 11) is 3.16. The Bertz CT molecular complexity index is 729. The zero-order chi connectivity index (χ0) is 19.8. The number of hydrogen-bond donors (Lipinski definition) is 0. The number of ether oxygens (including phenoxy) is 3. The smallest absolute Gasteiger partial charge is 0.309 e. The second kappa shape index (κ2) is 9.76. The summed E-state index contributed by atoms with van der Waals surface area (Å²) in [5.74, 6) is 0.0278. The number of carbonyl (C=O) groups excluding carboxylic acids is 1. The molecular formula is C22H25FO4. The first-order valence-corrected chi connectivity index (χ1v) is 8.84. The summed E-state index contributed by atoms with van der Waals surface area (Å²) in [6.45, 7) is 3.67. The Morgan fingerprint density at radius 3 is 1.74 bits per heavy atom. The van der Waals surface area contributed by atoms with Gasteiger partial charge in [0, 0.05) is 12.0 Å². The minimum atomic E-state index is -0.573. The first-order chi connectivity index (χ1) is 13.0. The van der Waals surface area contributed by atoms with E-state index in [1.54, 1.807) is 76.6 Å². The van der Waals surface area contributed by atoms with Crippen LogP contribution in [0.2, 0.25) is 0 Å². The highest BCUT2D eigenvalue weighted by Gasteiger charge is 2.20. The van der Waals surface area contributed by atoms with Crippen molar-refractivity contribution in [3.05, 3.63) is 65.5 Å². The average Bonchev–Trinajstić information content (AvgIpc) is 2.69. The van der Waals surface area contributed by atoms with Gasteiger partial charge in [0.1, 0.15) is 17.3 Å². The molecule has 0 spiro atoms. The highest BCUT2D eigenvalue weighted by molar-refractivity contribution is 5.82. The first kappa shape index (κ1) is 20.5. The molecule has 0 aliphatic carbocycles. The number of halogens is 1. The van der Waals surface area contributed by atoms with Gasteiger partial charge in [-0.2, -0.15) is 0 Å². The summed E-state index contributed by atoms with van der Waals surface area (Å²) in [5, 5.41) is 0. The fourth-order valence-corrected chi connectivity index (χ4v) is 2.73. The maximum Gasteiger partial charge on any atom is 0.309 e. The fourth-order valence-electron chi connectivity index (χ4n) is 2.73. The lowest BCUT2D eigenvalue weighted by molar-refractivity contribution is -0.147. The van der Waals surface area contributed by atoms with Gasteiger partial charge in [-0.05, 0) is 42.3 Å². The third-order valence-electron chi connectivity index (χ3n) is 4.20. The highest BCUT2D eigenvalue weighted by atomic mass is 19.1. The molecule has 0 saturated carbocycles. The Morgan fingerprint density at radius 2 is 1.37 bits per heavy atom. The van der Waals surface area contributed by atoms with Gasteiger partial charge in [-0.15, -0.1) is 0 Å². The van der Waals surface area contributed by atoms with Crippen LogP contribution in [0.3, 0.4) is 0 Å².